The van der Waals surface area contributed by atoms with Gasteiger partial charge in [-0.3, -0.25) is 4.79 Å². The van der Waals surface area contributed by atoms with E-state index in [1.165, 1.54) is 11.3 Å². The van der Waals surface area contributed by atoms with Gasteiger partial charge in [-0.15, -0.1) is 22.7 Å². The number of ether oxygens (including phenoxy) is 1. The number of benzene rings is 1. The number of hydrogen-bond acceptors (Lipinski definition) is 5. The Morgan fingerprint density at radius 2 is 1.88 bits per heavy atom. The first-order chi connectivity index (χ1) is 12.6. The fourth-order valence-corrected chi connectivity index (χ4v) is 4.31. The molecular formula is C20H19NO3S2. The highest BCUT2D eigenvalue weighted by Gasteiger charge is 2.20. The van der Waals surface area contributed by atoms with Gasteiger partial charge in [0.15, 0.2) is 0 Å². The van der Waals surface area contributed by atoms with E-state index >= 15 is 0 Å². The third-order valence-electron chi connectivity index (χ3n) is 3.78. The fraction of sp³-hybridized carbons (Fsp3) is 0.200. The van der Waals surface area contributed by atoms with Crippen molar-refractivity contribution in [2.75, 3.05) is 11.9 Å². The molecule has 4 nitrogen and oxygen atoms in total. The zero-order valence-electron chi connectivity index (χ0n) is 14.6. The van der Waals surface area contributed by atoms with Gasteiger partial charge in [0.05, 0.1) is 17.7 Å². The van der Waals surface area contributed by atoms with Crippen LogP contribution in [-0.2, 0) is 11.2 Å². The molecule has 2 aromatic heterocycles. The molecule has 0 spiro atoms. The van der Waals surface area contributed by atoms with Crippen molar-refractivity contribution in [2.45, 2.75) is 20.3 Å². The summed E-state index contributed by atoms with van der Waals surface area (Å²) in [5.41, 5.74) is 1.98. The van der Waals surface area contributed by atoms with Gasteiger partial charge in [0.2, 0.25) is 0 Å². The first-order valence-corrected chi connectivity index (χ1v) is 10.1. The zero-order chi connectivity index (χ0) is 18.5. The van der Waals surface area contributed by atoms with Gasteiger partial charge in [-0.1, -0.05) is 37.3 Å². The number of nitrogens with one attached hydrogen (secondary N) is 1. The molecule has 0 saturated carbocycles. The van der Waals surface area contributed by atoms with Crippen LogP contribution in [0.4, 0.5) is 5.00 Å². The normalized spacial score (nSPS) is 10.5. The third-order valence-corrected chi connectivity index (χ3v) is 5.96. The molecule has 134 valence electrons. The monoisotopic (exact) mass is 385 g/mol. The van der Waals surface area contributed by atoms with Crippen molar-refractivity contribution in [3.05, 3.63) is 63.8 Å². The third kappa shape index (κ3) is 4.03. The van der Waals surface area contributed by atoms with Crippen LogP contribution in [0.2, 0.25) is 0 Å². The highest BCUT2D eigenvalue weighted by atomic mass is 32.1. The van der Waals surface area contributed by atoms with E-state index < -0.39 is 5.97 Å². The van der Waals surface area contributed by atoms with E-state index in [9.17, 15) is 9.59 Å². The maximum absolute atomic E-state index is 12.6. The van der Waals surface area contributed by atoms with Crippen LogP contribution < -0.4 is 5.32 Å². The van der Waals surface area contributed by atoms with E-state index in [4.69, 9.17) is 4.74 Å². The van der Waals surface area contributed by atoms with Crippen LogP contribution in [-0.4, -0.2) is 18.5 Å². The molecule has 3 rings (SSSR count). The smallest absolute Gasteiger partial charge is 0.341 e. The maximum atomic E-state index is 12.6. The van der Waals surface area contributed by atoms with Crippen LogP contribution in [0.1, 0.15) is 39.4 Å². The minimum atomic E-state index is -0.430. The standard InChI is InChI=1S/C20H19NO3S2/c1-3-15-10-14(12-25-15)18(22)21-19-16(20(23)24-4-2)11-17(26-19)13-8-6-5-7-9-13/h5-12H,3-4H2,1-2H3,(H,21,22). The molecule has 0 atom stereocenters. The number of thiophene rings is 2. The second-order valence-corrected chi connectivity index (χ2v) is 7.60. The number of aryl methyl sites for hydroxylation is 1. The van der Waals surface area contributed by atoms with E-state index in [2.05, 4.69) is 12.2 Å². The molecule has 0 aliphatic carbocycles. The summed E-state index contributed by atoms with van der Waals surface area (Å²) in [4.78, 5) is 26.9. The van der Waals surface area contributed by atoms with E-state index in [1.54, 1.807) is 24.3 Å². The summed E-state index contributed by atoms with van der Waals surface area (Å²) >= 11 is 2.93. The van der Waals surface area contributed by atoms with Crippen LogP contribution in [0.15, 0.2) is 47.8 Å². The summed E-state index contributed by atoms with van der Waals surface area (Å²) in [5, 5.41) is 5.23. The lowest BCUT2D eigenvalue weighted by Gasteiger charge is -2.05. The molecule has 0 bridgehead atoms. The zero-order valence-corrected chi connectivity index (χ0v) is 16.2. The van der Waals surface area contributed by atoms with Crippen molar-refractivity contribution in [3.63, 3.8) is 0 Å². The summed E-state index contributed by atoms with van der Waals surface area (Å²) in [6, 6.07) is 13.4. The van der Waals surface area contributed by atoms with Crippen molar-refractivity contribution in [2.24, 2.45) is 0 Å². The molecule has 26 heavy (non-hydrogen) atoms. The Hall–Kier alpha value is -2.44. The molecule has 0 unspecified atom stereocenters. The van der Waals surface area contributed by atoms with Crippen molar-refractivity contribution < 1.29 is 14.3 Å². The van der Waals surface area contributed by atoms with E-state index in [-0.39, 0.29) is 12.5 Å². The van der Waals surface area contributed by atoms with Gasteiger partial charge < -0.3 is 10.1 Å². The summed E-state index contributed by atoms with van der Waals surface area (Å²) in [6.45, 7) is 4.10. The first-order valence-electron chi connectivity index (χ1n) is 8.37. The average Bonchev–Trinajstić information content (AvgIpc) is 3.30. The summed E-state index contributed by atoms with van der Waals surface area (Å²) in [6.07, 6.45) is 0.892. The Kier molecular flexibility index (Phi) is 5.85. The molecule has 0 aliphatic heterocycles. The predicted octanol–water partition coefficient (Wildman–Crippen LogP) is 5.47. The lowest BCUT2D eigenvalue weighted by Crippen LogP contribution is -2.13. The van der Waals surface area contributed by atoms with Gasteiger partial charge in [-0.05, 0) is 31.0 Å². The fourth-order valence-electron chi connectivity index (χ4n) is 2.45. The van der Waals surface area contributed by atoms with Gasteiger partial charge >= 0.3 is 5.97 Å². The minimum Gasteiger partial charge on any atom is -0.462 e. The molecule has 3 aromatic rings. The van der Waals surface area contributed by atoms with Gasteiger partial charge in [-0.25, -0.2) is 4.79 Å². The number of rotatable bonds is 6. The van der Waals surface area contributed by atoms with Gasteiger partial charge in [0.1, 0.15) is 5.00 Å². The quantitative estimate of drug-likeness (QED) is 0.573. The van der Waals surface area contributed by atoms with Crippen LogP contribution in [0.25, 0.3) is 10.4 Å². The molecular weight excluding hydrogens is 366 g/mol. The van der Waals surface area contributed by atoms with Crippen molar-refractivity contribution in [1.29, 1.82) is 0 Å². The molecule has 2 heterocycles. The lowest BCUT2D eigenvalue weighted by molar-refractivity contribution is 0.0528. The summed E-state index contributed by atoms with van der Waals surface area (Å²) in [5.74, 6) is -0.645. The van der Waals surface area contributed by atoms with Gasteiger partial charge in [0.25, 0.3) is 5.91 Å². The maximum Gasteiger partial charge on any atom is 0.341 e. The van der Waals surface area contributed by atoms with E-state index in [1.807, 2.05) is 41.8 Å². The topological polar surface area (TPSA) is 55.4 Å². The molecule has 0 fully saturated rings. The molecule has 1 N–H and O–H groups in total. The number of hydrogen-bond donors (Lipinski definition) is 1. The molecule has 0 radical (unpaired) electrons. The SMILES string of the molecule is CCOC(=O)c1cc(-c2ccccc2)sc1NC(=O)c1csc(CC)c1. The molecule has 1 amide bonds. The van der Waals surface area contributed by atoms with E-state index in [0.717, 1.165) is 21.7 Å². The highest BCUT2D eigenvalue weighted by molar-refractivity contribution is 7.20. The Labute approximate surface area is 160 Å². The van der Waals surface area contributed by atoms with Crippen LogP contribution in [0.5, 0.6) is 0 Å². The molecule has 0 saturated heterocycles. The van der Waals surface area contributed by atoms with Crippen LogP contribution in [0.3, 0.4) is 0 Å². The Bertz CT molecular complexity index is 912. The second kappa shape index (κ2) is 8.29. The number of carbonyl (C=O) groups excluding carboxylic acids is 2. The largest absolute Gasteiger partial charge is 0.462 e. The van der Waals surface area contributed by atoms with Gasteiger partial charge in [-0.2, -0.15) is 0 Å². The number of esters is 1. The van der Waals surface area contributed by atoms with Crippen molar-refractivity contribution >= 4 is 39.6 Å². The lowest BCUT2D eigenvalue weighted by atomic mass is 10.1. The highest BCUT2D eigenvalue weighted by Crippen LogP contribution is 2.36. The molecule has 0 aliphatic rings. The molecule has 6 heteroatoms. The minimum absolute atomic E-state index is 0.215. The Morgan fingerprint density at radius 3 is 2.54 bits per heavy atom. The summed E-state index contributed by atoms with van der Waals surface area (Å²) < 4.78 is 5.15. The summed E-state index contributed by atoms with van der Waals surface area (Å²) in [7, 11) is 0. The van der Waals surface area contributed by atoms with Crippen LogP contribution in [0, 0.1) is 0 Å². The second-order valence-electron chi connectivity index (χ2n) is 5.55. The van der Waals surface area contributed by atoms with E-state index in [0.29, 0.717) is 16.1 Å². The Morgan fingerprint density at radius 1 is 1.12 bits per heavy atom. The van der Waals surface area contributed by atoms with Crippen molar-refractivity contribution in [1.82, 2.24) is 0 Å². The predicted molar refractivity (Wildman–Crippen MR) is 107 cm³/mol. The number of anilines is 1. The van der Waals surface area contributed by atoms with Crippen LogP contribution >= 0.6 is 22.7 Å². The van der Waals surface area contributed by atoms with Gasteiger partial charge in [0, 0.05) is 15.1 Å². The average molecular weight is 386 g/mol. The number of carbonyl (C=O) groups is 2. The Balaban J connectivity index is 1.92. The molecule has 1 aromatic carbocycles. The first kappa shape index (κ1) is 18.4. The number of amides is 1. The van der Waals surface area contributed by atoms with Crippen molar-refractivity contribution in [3.8, 4) is 10.4 Å².